The molecule has 0 saturated carbocycles. The van der Waals surface area contributed by atoms with Gasteiger partial charge in [-0.1, -0.05) is 6.92 Å². The Morgan fingerprint density at radius 3 is 3.00 bits per heavy atom. The van der Waals surface area contributed by atoms with Crippen LogP contribution in [0.1, 0.15) is 19.8 Å². The molecule has 0 bridgehead atoms. The molecule has 0 spiro atoms. The van der Waals surface area contributed by atoms with Crippen LogP contribution in [0, 0.1) is 0 Å². The van der Waals surface area contributed by atoms with Crippen molar-refractivity contribution < 1.29 is 4.21 Å². The fourth-order valence-electron chi connectivity index (χ4n) is 1.81. The normalized spacial score (nSPS) is 25.4. The molecular formula is C10H22N2OS. The molecule has 0 radical (unpaired) electrons. The summed E-state index contributed by atoms with van der Waals surface area (Å²) in [5.41, 5.74) is 0. The fourth-order valence-corrected chi connectivity index (χ4v) is 2.32. The van der Waals surface area contributed by atoms with E-state index in [1.807, 2.05) is 0 Å². The van der Waals surface area contributed by atoms with Crippen LogP contribution in [0.2, 0.25) is 0 Å². The monoisotopic (exact) mass is 218 g/mol. The maximum Gasteiger partial charge on any atom is 0.0359 e. The first-order valence-electron chi connectivity index (χ1n) is 5.48. The van der Waals surface area contributed by atoms with E-state index in [2.05, 4.69) is 17.1 Å². The summed E-state index contributed by atoms with van der Waals surface area (Å²) in [5.74, 6) is 0.820. The Hall–Kier alpha value is 0.0700. The number of rotatable bonds is 6. The molecule has 1 saturated heterocycles. The first kappa shape index (κ1) is 12.1. The van der Waals surface area contributed by atoms with Gasteiger partial charge in [-0.15, -0.1) is 0 Å². The Morgan fingerprint density at radius 1 is 1.57 bits per heavy atom. The molecule has 1 aliphatic rings. The van der Waals surface area contributed by atoms with Crippen molar-refractivity contribution in [1.29, 1.82) is 0 Å². The number of hydrogen-bond donors (Lipinski definition) is 1. The van der Waals surface area contributed by atoms with Gasteiger partial charge in [0, 0.05) is 41.9 Å². The zero-order valence-electron chi connectivity index (χ0n) is 9.29. The summed E-state index contributed by atoms with van der Waals surface area (Å²) in [7, 11) is -0.640. The summed E-state index contributed by atoms with van der Waals surface area (Å²) < 4.78 is 10.9. The molecule has 1 aliphatic heterocycles. The van der Waals surface area contributed by atoms with Crippen molar-refractivity contribution in [3.8, 4) is 0 Å². The molecule has 0 aromatic rings. The van der Waals surface area contributed by atoms with E-state index in [1.165, 1.54) is 19.4 Å². The molecule has 0 amide bonds. The van der Waals surface area contributed by atoms with Gasteiger partial charge in [-0.05, 0) is 25.9 Å². The number of nitrogens with one attached hydrogen (secondary N) is 1. The highest BCUT2D eigenvalue weighted by Gasteiger charge is 2.20. The highest BCUT2D eigenvalue weighted by Crippen LogP contribution is 2.08. The topological polar surface area (TPSA) is 32.3 Å². The molecule has 1 heterocycles. The molecule has 0 aliphatic carbocycles. The first-order valence-corrected chi connectivity index (χ1v) is 7.21. The Kier molecular flexibility index (Phi) is 5.67. The van der Waals surface area contributed by atoms with Gasteiger partial charge in [-0.2, -0.15) is 0 Å². The molecule has 1 N–H and O–H groups in total. The van der Waals surface area contributed by atoms with Crippen LogP contribution in [-0.2, 0) is 10.8 Å². The summed E-state index contributed by atoms with van der Waals surface area (Å²) in [4.78, 5) is 2.41. The Morgan fingerprint density at radius 2 is 2.36 bits per heavy atom. The molecule has 1 rings (SSSR count). The van der Waals surface area contributed by atoms with E-state index < -0.39 is 10.8 Å². The van der Waals surface area contributed by atoms with Crippen molar-refractivity contribution in [2.45, 2.75) is 25.8 Å². The van der Waals surface area contributed by atoms with E-state index >= 15 is 0 Å². The summed E-state index contributed by atoms with van der Waals surface area (Å²) in [6, 6.07) is 0.667. The molecule has 1 fully saturated rings. The molecule has 2 atom stereocenters. The fraction of sp³-hybridized carbons (Fsp3) is 1.00. The van der Waals surface area contributed by atoms with Crippen molar-refractivity contribution in [3.63, 3.8) is 0 Å². The van der Waals surface area contributed by atoms with Crippen molar-refractivity contribution in [3.05, 3.63) is 0 Å². The van der Waals surface area contributed by atoms with E-state index in [1.54, 1.807) is 6.26 Å². The van der Waals surface area contributed by atoms with Gasteiger partial charge in [-0.25, -0.2) is 0 Å². The van der Waals surface area contributed by atoms with E-state index in [4.69, 9.17) is 0 Å². The quantitative estimate of drug-likeness (QED) is 0.702. The molecule has 4 heteroatoms. The van der Waals surface area contributed by atoms with Gasteiger partial charge in [0.15, 0.2) is 0 Å². The van der Waals surface area contributed by atoms with Crippen molar-refractivity contribution in [2.75, 3.05) is 38.2 Å². The summed E-state index contributed by atoms with van der Waals surface area (Å²) in [5, 5.41) is 3.53. The third kappa shape index (κ3) is 4.53. The molecule has 14 heavy (non-hydrogen) atoms. The van der Waals surface area contributed by atoms with Crippen LogP contribution in [-0.4, -0.2) is 53.3 Å². The zero-order valence-corrected chi connectivity index (χ0v) is 10.1. The Labute approximate surface area is 89.7 Å². The lowest BCUT2D eigenvalue weighted by atomic mass is 10.2. The van der Waals surface area contributed by atoms with E-state index in [-0.39, 0.29) is 0 Å². The molecular weight excluding hydrogens is 196 g/mol. The largest absolute Gasteiger partial charge is 0.313 e. The van der Waals surface area contributed by atoms with Crippen LogP contribution in [0.5, 0.6) is 0 Å². The molecule has 0 aromatic carbocycles. The molecule has 0 aromatic heterocycles. The van der Waals surface area contributed by atoms with Gasteiger partial charge in [0.25, 0.3) is 0 Å². The maximum absolute atomic E-state index is 10.9. The Balaban J connectivity index is 2.10. The lowest BCUT2D eigenvalue weighted by Gasteiger charge is -2.15. The standard InChI is InChI=1S/C10H22N2OS/c1-3-5-11-10-4-6-12(9-10)7-8-14(2)13/h10-11H,3-9H2,1-2H3. The van der Waals surface area contributed by atoms with Crippen LogP contribution in [0.15, 0.2) is 0 Å². The third-order valence-corrected chi connectivity index (χ3v) is 3.41. The first-order chi connectivity index (χ1) is 6.72. The van der Waals surface area contributed by atoms with Crippen LogP contribution >= 0.6 is 0 Å². The third-order valence-electron chi connectivity index (χ3n) is 2.65. The minimum atomic E-state index is -0.640. The van der Waals surface area contributed by atoms with Gasteiger partial charge in [0.2, 0.25) is 0 Å². The second kappa shape index (κ2) is 6.53. The van der Waals surface area contributed by atoms with Gasteiger partial charge >= 0.3 is 0 Å². The van der Waals surface area contributed by atoms with Crippen molar-refractivity contribution in [2.24, 2.45) is 0 Å². The highest BCUT2D eigenvalue weighted by molar-refractivity contribution is 7.84. The molecule has 84 valence electrons. The van der Waals surface area contributed by atoms with Crippen LogP contribution in [0.3, 0.4) is 0 Å². The zero-order chi connectivity index (χ0) is 10.4. The second-order valence-corrected chi connectivity index (χ2v) is 5.57. The van der Waals surface area contributed by atoms with Gasteiger partial charge in [0.05, 0.1) is 0 Å². The van der Waals surface area contributed by atoms with E-state index in [0.717, 1.165) is 25.4 Å². The highest BCUT2D eigenvalue weighted by atomic mass is 32.2. The van der Waals surface area contributed by atoms with Gasteiger partial charge in [0.1, 0.15) is 0 Å². The number of hydrogen-bond acceptors (Lipinski definition) is 3. The minimum absolute atomic E-state index is 0.640. The van der Waals surface area contributed by atoms with Crippen molar-refractivity contribution in [1.82, 2.24) is 10.2 Å². The van der Waals surface area contributed by atoms with Crippen molar-refractivity contribution >= 4 is 10.8 Å². The minimum Gasteiger partial charge on any atom is -0.313 e. The molecule has 3 nitrogen and oxygen atoms in total. The summed E-state index contributed by atoms with van der Waals surface area (Å²) in [6.07, 6.45) is 4.23. The lowest BCUT2D eigenvalue weighted by Crippen LogP contribution is -2.34. The number of nitrogens with zero attached hydrogens (tertiary/aromatic N) is 1. The molecule has 2 unspecified atom stereocenters. The van der Waals surface area contributed by atoms with Gasteiger partial charge in [-0.3, -0.25) is 4.21 Å². The van der Waals surface area contributed by atoms with Crippen LogP contribution < -0.4 is 5.32 Å². The lowest BCUT2D eigenvalue weighted by molar-refractivity contribution is 0.347. The SMILES string of the molecule is CCCNC1CCN(CCS(C)=O)C1. The van der Waals surface area contributed by atoms with E-state index in [9.17, 15) is 4.21 Å². The number of likely N-dealkylation sites (tertiary alicyclic amines) is 1. The van der Waals surface area contributed by atoms with E-state index in [0.29, 0.717) is 6.04 Å². The predicted molar refractivity (Wildman–Crippen MR) is 62.1 cm³/mol. The van der Waals surface area contributed by atoms with Crippen LogP contribution in [0.25, 0.3) is 0 Å². The summed E-state index contributed by atoms with van der Waals surface area (Å²) >= 11 is 0. The predicted octanol–water partition coefficient (Wildman–Crippen LogP) is 0.439. The Bertz CT molecular complexity index is 187. The average Bonchev–Trinajstić information content (AvgIpc) is 2.59. The van der Waals surface area contributed by atoms with Crippen LogP contribution in [0.4, 0.5) is 0 Å². The smallest absolute Gasteiger partial charge is 0.0359 e. The maximum atomic E-state index is 10.9. The summed E-state index contributed by atoms with van der Waals surface area (Å²) in [6.45, 7) is 6.61. The average molecular weight is 218 g/mol. The van der Waals surface area contributed by atoms with Gasteiger partial charge < -0.3 is 10.2 Å². The second-order valence-electron chi connectivity index (χ2n) is 4.02.